The molecule has 1 aliphatic heterocycles. The molecule has 6 heteroatoms. The number of imidazole rings is 1. The minimum atomic E-state index is -0.212. The SMILES string of the molecule is NCC1(C(N)c2ccc3[nH]c(=O)[nH]c3c2)COC1. The number of benzene rings is 1. The van der Waals surface area contributed by atoms with Crippen LogP contribution in [0.5, 0.6) is 0 Å². The van der Waals surface area contributed by atoms with Gasteiger partial charge in [-0.1, -0.05) is 6.07 Å². The summed E-state index contributed by atoms with van der Waals surface area (Å²) in [5.41, 5.74) is 14.2. The number of rotatable bonds is 3. The van der Waals surface area contributed by atoms with Crippen LogP contribution in [0, 0.1) is 5.41 Å². The molecule has 0 amide bonds. The Morgan fingerprint density at radius 3 is 2.67 bits per heavy atom. The lowest BCUT2D eigenvalue weighted by molar-refractivity contribution is -0.121. The molecule has 0 radical (unpaired) electrons. The van der Waals surface area contributed by atoms with Crippen molar-refractivity contribution >= 4 is 11.0 Å². The Balaban J connectivity index is 2.00. The molecule has 3 rings (SSSR count). The number of fused-ring (bicyclic) bond motifs is 1. The van der Waals surface area contributed by atoms with E-state index in [-0.39, 0.29) is 17.1 Å². The highest BCUT2D eigenvalue weighted by atomic mass is 16.5. The van der Waals surface area contributed by atoms with E-state index < -0.39 is 0 Å². The Labute approximate surface area is 103 Å². The lowest BCUT2D eigenvalue weighted by Crippen LogP contribution is -2.54. The summed E-state index contributed by atoms with van der Waals surface area (Å²) in [6.45, 7) is 1.68. The molecule has 1 unspecified atom stereocenters. The first-order valence-corrected chi connectivity index (χ1v) is 5.90. The molecule has 6 nitrogen and oxygen atoms in total. The minimum absolute atomic E-state index is 0.176. The van der Waals surface area contributed by atoms with E-state index in [1.165, 1.54) is 0 Å². The molecular weight excluding hydrogens is 232 g/mol. The molecule has 0 spiro atoms. The molecule has 0 saturated carbocycles. The third-order valence-electron chi connectivity index (χ3n) is 3.74. The van der Waals surface area contributed by atoms with Gasteiger partial charge in [-0.3, -0.25) is 0 Å². The molecular formula is C12H16N4O2. The van der Waals surface area contributed by atoms with Gasteiger partial charge in [0.15, 0.2) is 0 Å². The van der Waals surface area contributed by atoms with Gasteiger partial charge in [0.25, 0.3) is 0 Å². The smallest absolute Gasteiger partial charge is 0.323 e. The summed E-state index contributed by atoms with van der Waals surface area (Å²) in [6, 6.07) is 5.49. The zero-order chi connectivity index (χ0) is 12.8. The Hall–Kier alpha value is -1.63. The van der Waals surface area contributed by atoms with Gasteiger partial charge in [-0.15, -0.1) is 0 Å². The van der Waals surface area contributed by atoms with Crippen LogP contribution in [0.3, 0.4) is 0 Å². The van der Waals surface area contributed by atoms with Crippen LogP contribution in [0.1, 0.15) is 11.6 Å². The molecule has 2 aromatic rings. The van der Waals surface area contributed by atoms with E-state index in [0.717, 1.165) is 16.6 Å². The summed E-state index contributed by atoms with van der Waals surface area (Å²) in [6.07, 6.45) is 0. The maximum absolute atomic E-state index is 11.2. The van der Waals surface area contributed by atoms with Crippen LogP contribution in [-0.2, 0) is 4.74 Å². The highest BCUT2D eigenvalue weighted by molar-refractivity contribution is 5.75. The van der Waals surface area contributed by atoms with Crippen LogP contribution in [-0.4, -0.2) is 29.7 Å². The van der Waals surface area contributed by atoms with Crippen molar-refractivity contribution in [2.24, 2.45) is 16.9 Å². The van der Waals surface area contributed by atoms with E-state index >= 15 is 0 Å². The zero-order valence-corrected chi connectivity index (χ0v) is 9.90. The number of ether oxygens (including phenoxy) is 1. The van der Waals surface area contributed by atoms with Crippen molar-refractivity contribution in [1.82, 2.24) is 9.97 Å². The molecule has 18 heavy (non-hydrogen) atoms. The standard InChI is InChI=1S/C12H16N4O2/c13-4-12(5-18-6-12)10(14)7-1-2-8-9(3-7)16-11(17)15-8/h1-3,10H,4-6,13-14H2,(H2,15,16,17). The van der Waals surface area contributed by atoms with Crippen LogP contribution >= 0.6 is 0 Å². The van der Waals surface area contributed by atoms with Gasteiger partial charge < -0.3 is 26.2 Å². The number of aromatic nitrogens is 2. The van der Waals surface area contributed by atoms with E-state index in [1.54, 1.807) is 0 Å². The first kappa shape index (κ1) is 11.5. The summed E-state index contributed by atoms with van der Waals surface area (Å²) in [7, 11) is 0. The number of hydrogen-bond donors (Lipinski definition) is 4. The maximum Gasteiger partial charge on any atom is 0.323 e. The average Bonchev–Trinajstić information content (AvgIpc) is 2.67. The molecule has 0 bridgehead atoms. The van der Waals surface area contributed by atoms with Crippen molar-refractivity contribution in [3.63, 3.8) is 0 Å². The van der Waals surface area contributed by atoms with Crippen molar-refractivity contribution in [2.45, 2.75) is 6.04 Å². The molecule has 1 aromatic heterocycles. The van der Waals surface area contributed by atoms with Crippen molar-refractivity contribution < 1.29 is 4.74 Å². The summed E-state index contributed by atoms with van der Waals surface area (Å²) in [5, 5.41) is 0. The topological polar surface area (TPSA) is 110 Å². The van der Waals surface area contributed by atoms with E-state index in [0.29, 0.717) is 19.8 Å². The van der Waals surface area contributed by atoms with Crippen LogP contribution in [0.2, 0.25) is 0 Å². The van der Waals surface area contributed by atoms with Gasteiger partial charge >= 0.3 is 5.69 Å². The van der Waals surface area contributed by atoms with Gasteiger partial charge in [0.1, 0.15) is 0 Å². The number of hydrogen-bond acceptors (Lipinski definition) is 4. The molecule has 2 heterocycles. The van der Waals surface area contributed by atoms with Gasteiger partial charge in [0.2, 0.25) is 0 Å². The Bertz CT molecular complexity index is 621. The van der Waals surface area contributed by atoms with Crippen molar-refractivity contribution in [3.8, 4) is 0 Å². The first-order chi connectivity index (χ1) is 8.64. The first-order valence-electron chi connectivity index (χ1n) is 5.90. The number of nitrogens with one attached hydrogen (secondary N) is 2. The molecule has 1 fully saturated rings. The van der Waals surface area contributed by atoms with Crippen LogP contribution in [0.4, 0.5) is 0 Å². The molecule has 96 valence electrons. The summed E-state index contributed by atoms with van der Waals surface area (Å²) >= 11 is 0. The Kier molecular flexibility index (Phi) is 2.51. The van der Waals surface area contributed by atoms with Gasteiger partial charge in [-0.2, -0.15) is 0 Å². The summed E-state index contributed by atoms with van der Waals surface area (Å²) in [5.74, 6) is 0. The van der Waals surface area contributed by atoms with Crippen molar-refractivity contribution in [3.05, 3.63) is 34.2 Å². The Morgan fingerprint density at radius 1 is 1.33 bits per heavy atom. The fourth-order valence-electron chi connectivity index (χ4n) is 2.39. The second kappa shape index (κ2) is 3.94. The van der Waals surface area contributed by atoms with Gasteiger partial charge in [-0.05, 0) is 17.7 Å². The monoisotopic (exact) mass is 248 g/mol. The van der Waals surface area contributed by atoms with E-state index in [2.05, 4.69) is 9.97 Å². The molecule has 6 N–H and O–H groups in total. The van der Waals surface area contributed by atoms with Crippen LogP contribution < -0.4 is 17.2 Å². The molecule has 1 aliphatic rings. The lowest BCUT2D eigenvalue weighted by atomic mass is 9.75. The predicted octanol–water partition coefficient (Wildman–Crippen LogP) is -0.169. The number of H-pyrrole nitrogens is 2. The molecule has 1 saturated heterocycles. The average molecular weight is 248 g/mol. The van der Waals surface area contributed by atoms with E-state index in [9.17, 15) is 4.79 Å². The molecule has 1 aromatic carbocycles. The second-order valence-electron chi connectivity index (χ2n) is 4.92. The fraction of sp³-hybridized carbons (Fsp3) is 0.417. The minimum Gasteiger partial charge on any atom is -0.380 e. The molecule has 1 atom stereocenters. The predicted molar refractivity (Wildman–Crippen MR) is 68.2 cm³/mol. The highest BCUT2D eigenvalue weighted by Gasteiger charge is 2.43. The van der Waals surface area contributed by atoms with Gasteiger partial charge in [0, 0.05) is 18.0 Å². The van der Waals surface area contributed by atoms with Crippen molar-refractivity contribution in [2.75, 3.05) is 19.8 Å². The normalized spacial score (nSPS) is 19.7. The van der Waals surface area contributed by atoms with E-state index in [4.69, 9.17) is 16.2 Å². The summed E-state index contributed by atoms with van der Waals surface area (Å²) in [4.78, 5) is 16.6. The third-order valence-corrected chi connectivity index (χ3v) is 3.74. The number of aromatic amines is 2. The van der Waals surface area contributed by atoms with E-state index in [1.807, 2.05) is 18.2 Å². The van der Waals surface area contributed by atoms with Crippen molar-refractivity contribution in [1.29, 1.82) is 0 Å². The number of nitrogens with two attached hydrogens (primary N) is 2. The Morgan fingerprint density at radius 2 is 2.06 bits per heavy atom. The van der Waals surface area contributed by atoms with Crippen LogP contribution in [0.15, 0.2) is 23.0 Å². The highest BCUT2D eigenvalue weighted by Crippen LogP contribution is 2.38. The fourth-order valence-corrected chi connectivity index (χ4v) is 2.39. The van der Waals surface area contributed by atoms with Crippen LogP contribution in [0.25, 0.3) is 11.0 Å². The second-order valence-corrected chi connectivity index (χ2v) is 4.92. The van der Waals surface area contributed by atoms with Gasteiger partial charge in [0.05, 0.1) is 24.2 Å². The molecule has 0 aliphatic carbocycles. The largest absolute Gasteiger partial charge is 0.380 e. The maximum atomic E-state index is 11.2. The summed E-state index contributed by atoms with van der Waals surface area (Å²) < 4.78 is 5.24. The van der Waals surface area contributed by atoms with Gasteiger partial charge in [-0.25, -0.2) is 4.79 Å². The quantitative estimate of drug-likeness (QED) is 0.604. The lowest BCUT2D eigenvalue weighted by Gasteiger charge is -2.45. The third kappa shape index (κ3) is 1.58. The zero-order valence-electron chi connectivity index (χ0n) is 9.90.